The van der Waals surface area contributed by atoms with Gasteiger partial charge in [-0.1, -0.05) is 54.9 Å². The smallest absolute Gasteiger partial charge is 0.314 e. The molecule has 0 spiro atoms. The zero-order valence-electron chi connectivity index (χ0n) is 17.3. The molecular weight excluding hydrogens is 400 g/mol. The first-order valence-corrected chi connectivity index (χ1v) is 10.8. The molecule has 1 atom stereocenters. The molecule has 3 amide bonds. The molecule has 0 radical (unpaired) electrons. The van der Waals surface area contributed by atoms with E-state index in [4.69, 9.17) is 11.6 Å². The number of carbonyl (C=O) groups is 2. The largest absolute Gasteiger partial charge is 0.350 e. The summed E-state index contributed by atoms with van der Waals surface area (Å²) in [6.07, 6.45) is 2.01. The maximum absolute atomic E-state index is 12.1. The van der Waals surface area contributed by atoms with Crippen molar-refractivity contribution in [1.29, 1.82) is 0 Å². The Balaban J connectivity index is 1.37. The molecule has 30 heavy (non-hydrogen) atoms. The number of nitrogens with one attached hydrogen (secondary N) is 3. The van der Waals surface area contributed by atoms with Gasteiger partial charge in [0.1, 0.15) is 0 Å². The summed E-state index contributed by atoms with van der Waals surface area (Å²) in [5, 5.41) is 8.91. The topological polar surface area (TPSA) is 73.5 Å². The number of rotatable bonds is 8. The minimum Gasteiger partial charge on any atom is -0.350 e. The Labute approximate surface area is 183 Å². The SMILES string of the molecule is CCC(CNC(=O)NCCNC(=O)c1ccccc1Cl)N1CCc2ccccc2C1. The Morgan fingerprint density at radius 2 is 1.70 bits per heavy atom. The van der Waals surface area contributed by atoms with Crippen LogP contribution in [0.1, 0.15) is 34.8 Å². The van der Waals surface area contributed by atoms with E-state index in [0.717, 1.165) is 25.9 Å². The Hall–Kier alpha value is -2.57. The van der Waals surface area contributed by atoms with Gasteiger partial charge in [-0.2, -0.15) is 0 Å². The van der Waals surface area contributed by atoms with Crippen molar-refractivity contribution in [2.24, 2.45) is 0 Å². The van der Waals surface area contributed by atoms with Crippen molar-refractivity contribution in [3.8, 4) is 0 Å². The molecular formula is C23H29ClN4O2. The lowest BCUT2D eigenvalue weighted by Gasteiger charge is -2.35. The van der Waals surface area contributed by atoms with Gasteiger partial charge >= 0.3 is 6.03 Å². The lowest BCUT2D eigenvalue weighted by atomic mass is 9.98. The number of amides is 3. The number of nitrogens with zero attached hydrogens (tertiary/aromatic N) is 1. The number of benzene rings is 2. The van der Waals surface area contributed by atoms with Crippen LogP contribution < -0.4 is 16.0 Å². The molecule has 6 nitrogen and oxygen atoms in total. The molecule has 0 aliphatic carbocycles. The second-order valence-corrected chi connectivity index (χ2v) is 7.83. The molecule has 1 unspecified atom stereocenters. The van der Waals surface area contributed by atoms with Crippen LogP contribution in [-0.4, -0.2) is 49.1 Å². The number of carbonyl (C=O) groups excluding carboxylic acids is 2. The predicted molar refractivity (Wildman–Crippen MR) is 120 cm³/mol. The van der Waals surface area contributed by atoms with Crippen molar-refractivity contribution < 1.29 is 9.59 Å². The van der Waals surface area contributed by atoms with E-state index in [1.807, 2.05) is 0 Å². The summed E-state index contributed by atoms with van der Waals surface area (Å²) >= 11 is 6.01. The van der Waals surface area contributed by atoms with Crippen molar-refractivity contribution in [1.82, 2.24) is 20.9 Å². The molecule has 160 valence electrons. The zero-order chi connectivity index (χ0) is 21.3. The first kappa shape index (κ1) is 22.1. The van der Waals surface area contributed by atoms with Crippen molar-refractivity contribution in [3.05, 3.63) is 70.2 Å². The second kappa shape index (κ2) is 11.0. The number of fused-ring (bicyclic) bond motifs is 1. The van der Waals surface area contributed by atoms with Gasteiger partial charge < -0.3 is 16.0 Å². The van der Waals surface area contributed by atoms with E-state index in [1.54, 1.807) is 24.3 Å². The van der Waals surface area contributed by atoms with Gasteiger partial charge in [-0.3, -0.25) is 9.69 Å². The summed E-state index contributed by atoms with van der Waals surface area (Å²) < 4.78 is 0. The summed E-state index contributed by atoms with van der Waals surface area (Å²) in [5.74, 6) is -0.251. The van der Waals surface area contributed by atoms with Crippen LogP contribution in [0.4, 0.5) is 4.79 Å². The lowest BCUT2D eigenvalue weighted by molar-refractivity contribution is 0.0954. The highest BCUT2D eigenvalue weighted by Gasteiger charge is 2.22. The van der Waals surface area contributed by atoms with Gasteiger partial charge in [-0.05, 0) is 36.1 Å². The molecule has 1 aliphatic rings. The summed E-state index contributed by atoms with van der Waals surface area (Å²) in [6, 6.07) is 15.5. The molecule has 7 heteroatoms. The van der Waals surface area contributed by atoms with Crippen molar-refractivity contribution in [2.45, 2.75) is 32.4 Å². The minimum absolute atomic E-state index is 0.224. The molecule has 0 aromatic heterocycles. The molecule has 1 aliphatic heterocycles. The maximum atomic E-state index is 12.1. The predicted octanol–water partition coefficient (Wildman–Crippen LogP) is 3.21. The third-order valence-electron chi connectivity index (χ3n) is 5.46. The summed E-state index contributed by atoms with van der Waals surface area (Å²) in [5.41, 5.74) is 3.23. The molecule has 0 fully saturated rings. The lowest BCUT2D eigenvalue weighted by Crippen LogP contribution is -2.48. The van der Waals surface area contributed by atoms with Crippen molar-refractivity contribution in [2.75, 3.05) is 26.2 Å². The van der Waals surface area contributed by atoms with Crippen LogP contribution in [0.5, 0.6) is 0 Å². The van der Waals surface area contributed by atoms with Gasteiger partial charge in [0.15, 0.2) is 0 Å². The fraction of sp³-hybridized carbons (Fsp3) is 0.391. The van der Waals surface area contributed by atoms with Crippen LogP contribution in [0, 0.1) is 0 Å². The van der Waals surface area contributed by atoms with E-state index in [1.165, 1.54) is 11.1 Å². The van der Waals surface area contributed by atoms with Crippen LogP contribution in [0.15, 0.2) is 48.5 Å². The highest BCUT2D eigenvalue weighted by Crippen LogP contribution is 2.21. The summed E-state index contributed by atoms with van der Waals surface area (Å²) in [7, 11) is 0. The molecule has 0 bridgehead atoms. The molecule has 0 saturated heterocycles. The van der Waals surface area contributed by atoms with E-state index >= 15 is 0 Å². The van der Waals surface area contributed by atoms with Crippen LogP contribution in [0.3, 0.4) is 0 Å². The van der Waals surface area contributed by atoms with E-state index in [2.05, 4.69) is 52.0 Å². The molecule has 3 N–H and O–H groups in total. The van der Waals surface area contributed by atoms with Gasteiger partial charge in [0.05, 0.1) is 10.6 Å². The van der Waals surface area contributed by atoms with Crippen LogP contribution in [0.25, 0.3) is 0 Å². The van der Waals surface area contributed by atoms with Crippen LogP contribution in [-0.2, 0) is 13.0 Å². The standard InChI is InChI=1S/C23H29ClN4O2/c1-2-19(28-14-11-17-7-3-4-8-18(17)16-28)15-27-23(30)26-13-12-25-22(29)20-9-5-6-10-21(20)24/h3-10,19H,2,11-16H2,1H3,(H,25,29)(H2,26,27,30). The normalized spacial score (nSPS) is 14.5. The van der Waals surface area contributed by atoms with Crippen LogP contribution >= 0.6 is 11.6 Å². The monoisotopic (exact) mass is 428 g/mol. The van der Waals surface area contributed by atoms with E-state index in [-0.39, 0.29) is 11.9 Å². The molecule has 1 heterocycles. The first-order chi connectivity index (χ1) is 14.6. The van der Waals surface area contributed by atoms with Crippen molar-refractivity contribution in [3.63, 3.8) is 0 Å². The quantitative estimate of drug-likeness (QED) is 0.565. The molecule has 0 saturated carbocycles. The van der Waals surface area contributed by atoms with Crippen molar-refractivity contribution >= 4 is 23.5 Å². The Morgan fingerprint density at radius 1 is 1.00 bits per heavy atom. The van der Waals surface area contributed by atoms with E-state index in [9.17, 15) is 9.59 Å². The average molecular weight is 429 g/mol. The van der Waals surface area contributed by atoms with Gasteiger partial charge in [-0.15, -0.1) is 0 Å². The van der Waals surface area contributed by atoms with E-state index in [0.29, 0.717) is 36.3 Å². The first-order valence-electron chi connectivity index (χ1n) is 10.4. The summed E-state index contributed by atoms with van der Waals surface area (Å²) in [6.45, 7) is 5.35. The fourth-order valence-electron chi connectivity index (χ4n) is 3.73. The number of hydrogen-bond acceptors (Lipinski definition) is 3. The summed E-state index contributed by atoms with van der Waals surface area (Å²) in [4.78, 5) is 26.7. The highest BCUT2D eigenvalue weighted by atomic mass is 35.5. The molecule has 3 rings (SSSR count). The Bertz CT molecular complexity index is 874. The third kappa shape index (κ3) is 5.97. The molecule has 2 aromatic carbocycles. The van der Waals surface area contributed by atoms with Gasteiger partial charge in [0.2, 0.25) is 0 Å². The van der Waals surface area contributed by atoms with Crippen LogP contribution in [0.2, 0.25) is 5.02 Å². The molecule has 2 aromatic rings. The second-order valence-electron chi connectivity index (χ2n) is 7.42. The number of halogens is 1. The average Bonchev–Trinajstić information content (AvgIpc) is 2.77. The Morgan fingerprint density at radius 3 is 2.47 bits per heavy atom. The van der Waals surface area contributed by atoms with Gasteiger partial charge in [0, 0.05) is 38.8 Å². The maximum Gasteiger partial charge on any atom is 0.314 e. The highest BCUT2D eigenvalue weighted by molar-refractivity contribution is 6.33. The Kier molecular flexibility index (Phi) is 8.11. The zero-order valence-corrected chi connectivity index (χ0v) is 18.0. The van der Waals surface area contributed by atoms with Gasteiger partial charge in [-0.25, -0.2) is 4.79 Å². The van der Waals surface area contributed by atoms with E-state index < -0.39 is 0 Å². The number of urea groups is 1. The minimum atomic E-state index is -0.251. The number of hydrogen-bond donors (Lipinski definition) is 3. The fourth-order valence-corrected chi connectivity index (χ4v) is 3.95. The third-order valence-corrected chi connectivity index (χ3v) is 5.79. The van der Waals surface area contributed by atoms with Gasteiger partial charge in [0.25, 0.3) is 5.91 Å².